The lowest BCUT2D eigenvalue weighted by atomic mass is 10.0. The monoisotopic (exact) mass is 373 g/mol. The van der Waals surface area contributed by atoms with Crippen molar-refractivity contribution in [2.75, 3.05) is 6.54 Å². The molecule has 0 saturated carbocycles. The molecule has 0 unspecified atom stereocenters. The predicted molar refractivity (Wildman–Crippen MR) is 96.9 cm³/mol. The van der Waals surface area contributed by atoms with Crippen LogP contribution in [0.2, 0.25) is 0 Å². The summed E-state index contributed by atoms with van der Waals surface area (Å²) in [6, 6.07) is 14.6. The molecule has 2 aromatic carbocycles. The van der Waals surface area contributed by atoms with Crippen LogP contribution in [0, 0.1) is 13.8 Å². The zero-order chi connectivity index (χ0) is 19.6. The normalized spacial score (nSPS) is 11.4. The predicted octanol–water partition coefficient (Wildman–Crippen LogP) is 4.45. The molecule has 27 heavy (non-hydrogen) atoms. The Bertz CT molecular complexity index is 962. The summed E-state index contributed by atoms with van der Waals surface area (Å²) in [6.45, 7) is 2.49. The van der Waals surface area contributed by atoms with E-state index in [4.69, 9.17) is 0 Å². The fourth-order valence-electron chi connectivity index (χ4n) is 2.63. The van der Waals surface area contributed by atoms with E-state index >= 15 is 0 Å². The molecule has 3 aromatic rings. The SMILES string of the molecule is Cc1ccc(-c2nn(-c3ccccc3)cc2C(=O)NCC(F)(F)F)cc1C. The molecule has 0 fully saturated rings. The molecule has 0 saturated heterocycles. The molecule has 0 aliphatic rings. The van der Waals surface area contributed by atoms with Crippen LogP contribution < -0.4 is 5.32 Å². The highest BCUT2D eigenvalue weighted by Gasteiger charge is 2.29. The van der Waals surface area contributed by atoms with Crippen LogP contribution >= 0.6 is 0 Å². The smallest absolute Gasteiger partial charge is 0.343 e. The van der Waals surface area contributed by atoms with Crippen LogP contribution in [0.1, 0.15) is 21.5 Å². The van der Waals surface area contributed by atoms with E-state index in [-0.39, 0.29) is 5.56 Å². The van der Waals surface area contributed by atoms with Crippen LogP contribution in [-0.4, -0.2) is 28.4 Å². The summed E-state index contributed by atoms with van der Waals surface area (Å²) in [5, 5.41) is 6.38. The average molecular weight is 373 g/mol. The number of nitrogens with one attached hydrogen (secondary N) is 1. The molecule has 0 radical (unpaired) electrons. The molecule has 0 aliphatic heterocycles. The third kappa shape index (κ3) is 4.36. The summed E-state index contributed by atoms with van der Waals surface area (Å²) < 4.78 is 39.0. The molecule has 140 valence electrons. The first-order chi connectivity index (χ1) is 12.7. The number of alkyl halides is 3. The molecule has 1 N–H and O–H groups in total. The van der Waals surface area contributed by atoms with Gasteiger partial charge in [0.15, 0.2) is 0 Å². The Kier molecular flexibility index (Phi) is 5.03. The van der Waals surface area contributed by atoms with Crippen molar-refractivity contribution < 1.29 is 18.0 Å². The number of aromatic nitrogens is 2. The Morgan fingerprint density at radius 3 is 2.41 bits per heavy atom. The van der Waals surface area contributed by atoms with Gasteiger partial charge in [0.05, 0.1) is 11.3 Å². The van der Waals surface area contributed by atoms with Crippen molar-refractivity contribution in [3.05, 3.63) is 71.4 Å². The largest absolute Gasteiger partial charge is 0.405 e. The standard InChI is InChI=1S/C20H18F3N3O/c1-13-8-9-15(10-14(13)2)18-17(19(27)24-12-20(21,22)23)11-26(25-18)16-6-4-3-5-7-16/h3-11H,12H2,1-2H3,(H,24,27). The second kappa shape index (κ2) is 7.26. The average Bonchev–Trinajstić information content (AvgIpc) is 3.07. The second-order valence-electron chi connectivity index (χ2n) is 6.27. The minimum atomic E-state index is -4.48. The van der Waals surface area contributed by atoms with E-state index < -0.39 is 18.6 Å². The third-order valence-corrected chi connectivity index (χ3v) is 4.21. The number of carbonyl (C=O) groups excluding carboxylic acids is 1. The van der Waals surface area contributed by atoms with E-state index in [1.807, 2.05) is 49.5 Å². The maximum Gasteiger partial charge on any atom is 0.405 e. The number of rotatable bonds is 4. The van der Waals surface area contributed by atoms with Gasteiger partial charge in [-0.25, -0.2) is 4.68 Å². The van der Waals surface area contributed by atoms with Crippen molar-refractivity contribution in [2.45, 2.75) is 20.0 Å². The molecule has 0 atom stereocenters. The Labute approximate surface area is 154 Å². The van der Waals surface area contributed by atoms with E-state index in [0.717, 1.165) is 11.1 Å². The lowest BCUT2D eigenvalue weighted by Gasteiger charge is -2.09. The first-order valence-corrected chi connectivity index (χ1v) is 8.32. The molecule has 1 amide bonds. The van der Waals surface area contributed by atoms with Gasteiger partial charge in [0.25, 0.3) is 5.91 Å². The van der Waals surface area contributed by atoms with E-state index in [1.54, 1.807) is 18.2 Å². The van der Waals surface area contributed by atoms with Crippen molar-refractivity contribution in [1.29, 1.82) is 0 Å². The first-order valence-electron chi connectivity index (χ1n) is 8.32. The summed E-state index contributed by atoms with van der Waals surface area (Å²) in [5.41, 5.74) is 3.88. The number of halogens is 3. The summed E-state index contributed by atoms with van der Waals surface area (Å²) in [5.74, 6) is -0.817. The summed E-state index contributed by atoms with van der Waals surface area (Å²) in [4.78, 5) is 12.4. The van der Waals surface area contributed by atoms with Gasteiger partial charge in [0, 0.05) is 11.8 Å². The van der Waals surface area contributed by atoms with Gasteiger partial charge in [0.2, 0.25) is 0 Å². The number of para-hydroxylation sites is 1. The Morgan fingerprint density at radius 1 is 1.07 bits per heavy atom. The number of benzene rings is 2. The van der Waals surface area contributed by atoms with Crippen LogP contribution in [0.4, 0.5) is 13.2 Å². The summed E-state index contributed by atoms with van der Waals surface area (Å²) >= 11 is 0. The van der Waals surface area contributed by atoms with Crippen LogP contribution in [0.15, 0.2) is 54.7 Å². The van der Waals surface area contributed by atoms with Crippen LogP contribution in [0.3, 0.4) is 0 Å². The number of carbonyl (C=O) groups is 1. The molecular formula is C20H18F3N3O. The van der Waals surface area contributed by atoms with Gasteiger partial charge in [0.1, 0.15) is 12.2 Å². The van der Waals surface area contributed by atoms with Gasteiger partial charge >= 0.3 is 6.18 Å². The summed E-state index contributed by atoms with van der Waals surface area (Å²) in [7, 11) is 0. The van der Waals surface area contributed by atoms with Crippen molar-refractivity contribution in [2.24, 2.45) is 0 Å². The third-order valence-electron chi connectivity index (χ3n) is 4.21. The number of nitrogens with zero attached hydrogens (tertiary/aromatic N) is 2. The molecule has 0 spiro atoms. The van der Waals surface area contributed by atoms with Gasteiger partial charge in [-0.15, -0.1) is 0 Å². The lowest BCUT2D eigenvalue weighted by molar-refractivity contribution is -0.123. The van der Waals surface area contributed by atoms with Crippen LogP contribution in [0.25, 0.3) is 16.9 Å². The fourth-order valence-corrected chi connectivity index (χ4v) is 2.63. The Hall–Kier alpha value is -3.09. The van der Waals surface area contributed by atoms with Gasteiger partial charge in [-0.05, 0) is 43.2 Å². The highest BCUT2D eigenvalue weighted by molar-refractivity contribution is 6.00. The number of hydrogen-bond acceptors (Lipinski definition) is 2. The molecule has 1 heterocycles. The maximum absolute atomic E-state index is 12.5. The van der Waals surface area contributed by atoms with Crippen molar-refractivity contribution in [3.8, 4) is 16.9 Å². The minimum Gasteiger partial charge on any atom is -0.343 e. The van der Waals surface area contributed by atoms with Gasteiger partial charge in [-0.1, -0.05) is 30.3 Å². The zero-order valence-corrected chi connectivity index (χ0v) is 14.8. The van der Waals surface area contributed by atoms with Gasteiger partial charge < -0.3 is 5.32 Å². The molecule has 0 bridgehead atoms. The fraction of sp³-hybridized carbons (Fsp3) is 0.200. The molecule has 7 heteroatoms. The molecule has 4 nitrogen and oxygen atoms in total. The van der Waals surface area contributed by atoms with Crippen molar-refractivity contribution >= 4 is 5.91 Å². The first kappa shape index (κ1) is 18.7. The van der Waals surface area contributed by atoms with Crippen molar-refractivity contribution in [3.63, 3.8) is 0 Å². The molecular weight excluding hydrogens is 355 g/mol. The Balaban J connectivity index is 2.05. The zero-order valence-electron chi connectivity index (χ0n) is 14.8. The number of aryl methyl sites for hydroxylation is 2. The van der Waals surface area contributed by atoms with Crippen LogP contribution in [0.5, 0.6) is 0 Å². The number of hydrogen-bond donors (Lipinski definition) is 1. The van der Waals surface area contributed by atoms with E-state index in [9.17, 15) is 18.0 Å². The molecule has 0 aliphatic carbocycles. The maximum atomic E-state index is 12.5. The topological polar surface area (TPSA) is 46.9 Å². The number of amides is 1. The Morgan fingerprint density at radius 2 is 1.78 bits per heavy atom. The summed E-state index contributed by atoms with van der Waals surface area (Å²) in [6.07, 6.45) is -3.03. The highest BCUT2D eigenvalue weighted by Crippen LogP contribution is 2.26. The quantitative estimate of drug-likeness (QED) is 0.735. The molecule has 3 rings (SSSR count). The lowest BCUT2D eigenvalue weighted by Crippen LogP contribution is -2.33. The van der Waals surface area contributed by atoms with E-state index in [2.05, 4.69) is 5.10 Å². The van der Waals surface area contributed by atoms with E-state index in [0.29, 0.717) is 16.9 Å². The van der Waals surface area contributed by atoms with Gasteiger partial charge in [-0.2, -0.15) is 18.3 Å². The van der Waals surface area contributed by atoms with Gasteiger partial charge in [-0.3, -0.25) is 4.79 Å². The van der Waals surface area contributed by atoms with E-state index in [1.165, 1.54) is 10.9 Å². The minimum absolute atomic E-state index is 0.0892. The van der Waals surface area contributed by atoms with Crippen LogP contribution in [-0.2, 0) is 0 Å². The molecule has 1 aromatic heterocycles. The highest BCUT2D eigenvalue weighted by atomic mass is 19.4. The van der Waals surface area contributed by atoms with Crippen molar-refractivity contribution in [1.82, 2.24) is 15.1 Å². The second-order valence-corrected chi connectivity index (χ2v) is 6.27.